The van der Waals surface area contributed by atoms with Crippen LogP contribution in [0.4, 0.5) is 0 Å². The third-order valence-corrected chi connectivity index (χ3v) is 9.15. The first-order chi connectivity index (χ1) is 17.4. The van der Waals surface area contributed by atoms with E-state index in [4.69, 9.17) is 9.47 Å². The Balaban J connectivity index is 2.48. The number of ether oxygens (including phenoxy) is 3. The third-order valence-electron chi connectivity index (χ3n) is 6.54. The summed E-state index contributed by atoms with van der Waals surface area (Å²) < 4.78 is 17.0. The lowest BCUT2D eigenvalue weighted by molar-refractivity contribution is -0.00152. The number of methoxy groups -OCH3 is 1. The van der Waals surface area contributed by atoms with Gasteiger partial charge in [0.05, 0.1) is 15.2 Å². The Labute approximate surface area is 229 Å². The topological polar surface area (TPSA) is 85.2 Å². The number of carbonyl (C=O) groups excluding carboxylic acids is 1. The number of hydrogen-bond acceptors (Lipinski definition) is 6. The molecule has 0 spiro atoms. The minimum Gasteiger partial charge on any atom is -0.507 e. The molecule has 2 rings (SSSR count). The van der Waals surface area contributed by atoms with Crippen molar-refractivity contribution in [2.75, 3.05) is 13.9 Å². The van der Waals surface area contributed by atoms with Gasteiger partial charge >= 0.3 is 5.97 Å². The van der Waals surface area contributed by atoms with E-state index in [9.17, 15) is 15.0 Å². The number of aliphatic hydroxyl groups is 1. The third kappa shape index (κ3) is 8.10. The second kappa shape index (κ2) is 11.9. The number of benzene rings is 2. The fourth-order valence-electron chi connectivity index (χ4n) is 3.65. The molecule has 2 aromatic carbocycles. The molecule has 2 aromatic rings. The van der Waals surface area contributed by atoms with Crippen LogP contribution in [0.3, 0.4) is 0 Å². The summed E-state index contributed by atoms with van der Waals surface area (Å²) in [5.74, 6) is 5.69. The lowest BCUT2D eigenvalue weighted by Gasteiger charge is -2.32. The molecule has 6 nitrogen and oxygen atoms in total. The van der Waals surface area contributed by atoms with E-state index in [1.165, 1.54) is 19.2 Å². The summed E-state index contributed by atoms with van der Waals surface area (Å²) in [6.45, 7) is 21.7. The van der Waals surface area contributed by atoms with Crippen LogP contribution < -0.4 is 4.74 Å². The lowest BCUT2D eigenvalue weighted by Crippen LogP contribution is -2.38. The average Bonchev–Trinajstić information content (AvgIpc) is 2.79. The van der Waals surface area contributed by atoms with Gasteiger partial charge in [0.15, 0.2) is 6.79 Å². The molecule has 0 heterocycles. The van der Waals surface area contributed by atoms with Gasteiger partial charge in [-0.25, -0.2) is 4.79 Å². The van der Waals surface area contributed by atoms with Gasteiger partial charge in [-0.15, -0.1) is 0 Å². The van der Waals surface area contributed by atoms with Crippen LogP contribution in [0, 0.1) is 11.8 Å². The van der Waals surface area contributed by atoms with Crippen molar-refractivity contribution >= 4 is 14.0 Å². The highest BCUT2D eigenvalue weighted by atomic mass is 28.3. The number of aliphatic hydroxyl groups excluding tert-OH is 1. The van der Waals surface area contributed by atoms with E-state index in [1.54, 1.807) is 6.07 Å². The highest BCUT2D eigenvalue weighted by Crippen LogP contribution is 2.42. The minimum atomic E-state index is -1.46. The van der Waals surface area contributed by atoms with Crippen LogP contribution in [0.2, 0.25) is 19.6 Å². The van der Waals surface area contributed by atoms with Crippen molar-refractivity contribution < 1.29 is 29.2 Å². The largest absolute Gasteiger partial charge is 0.507 e. The van der Waals surface area contributed by atoms with Gasteiger partial charge in [-0.2, -0.15) is 0 Å². The molecule has 0 amide bonds. The molecule has 2 atom stereocenters. The molecule has 38 heavy (non-hydrogen) atoms. The first-order valence-corrected chi connectivity index (χ1v) is 16.5. The summed E-state index contributed by atoms with van der Waals surface area (Å²) in [5, 5.41) is 21.2. The highest BCUT2D eigenvalue weighted by molar-refractivity contribution is 6.77. The molecule has 7 heteroatoms. The van der Waals surface area contributed by atoms with Crippen LogP contribution >= 0.6 is 0 Å². The SMILES string of the molecule is COC(=O)c1ccc(C#CC(O)c2cc(C(C)(C)C)c(OCOC(C)[Si](C)(C)C)c(C(C)(C)C)c2)cc1O. The molecule has 0 aromatic heterocycles. The molecule has 0 aliphatic rings. The summed E-state index contributed by atoms with van der Waals surface area (Å²) in [6, 6.07) is 8.33. The molecule has 0 radical (unpaired) electrons. The van der Waals surface area contributed by atoms with Crippen molar-refractivity contribution in [3.8, 4) is 23.3 Å². The van der Waals surface area contributed by atoms with Crippen LogP contribution in [0.1, 0.15) is 87.2 Å². The fraction of sp³-hybridized carbons (Fsp3) is 0.516. The Bertz CT molecular complexity index is 1170. The summed E-state index contributed by atoms with van der Waals surface area (Å²) in [7, 11) is -0.213. The van der Waals surface area contributed by atoms with Gasteiger partial charge in [0, 0.05) is 22.4 Å². The van der Waals surface area contributed by atoms with Crippen LogP contribution in [-0.4, -0.2) is 43.9 Å². The van der Waals surface area contributed by atoms with Gasteiger partial charge in [-0.05, 0) is 53.6 Å². The molecule has 0 saturated carbocycles. The maximum absolute atomic E-state index is 11.7. The second-order valence-corrected chi connectivity index (χ2v) is 18.3. The van der Waals surface area contributed by atoms with E-state index in [2.05, 4.69) is 84.7 Å². The van der Waals surface area contributed by atoms with Crippen LogP contribution in [0.25, 0.3) is 0 Å². The van der Waals surface area contributed by atoms with E-state index >= 15 is 0 Å². The lowest BCUT2D eigenvalue weighted by atomic mass is 9.78. The normalized spacial score (nSPS) is 13.8. The molecular formula is C31H44O6Si. The summed E-state index contributed by atoms with van der Waals surface area (Å²) in [6.07, 6.45) is -1.07. The molecule has 0 saturated heterocycles. The number of aromatic hydroxyl groups is 1. The Kier molecular flexibility index (Phi) is 9.87. The average molecular weight is 541 g/mol. The van der Waals surface area contributed by atoms with Crippen molar-refractivity contribution in [1.29, 1.82) is 0 Å². The zero-order chi connectivity index (χ0) is 29.1. The zero-order valence-electron chi connectivity index (χ0n) is 24.8. The smallest absolute Gasteiger partial charge is 0.341 e. The van der Waals surface area contributed by atoms with Crippen LogP contribution in [0.5, 0.6) is 11.5 Å². The van der Waals surface area contributed by atoms with E-state index in [0.29, 0.717) is 11.1 Å². The summed E-state index contributed by atoms with van der Waals surface area (Å²) in [5.41, 5.74) is 2.73. The monoisotopic (exact) mass is 540 g/mol. The predicted molar refractivity (Wildman–Crippen MR) is 155 cm³/mol. The van der Waals surface area contributed by atoms with Crippen molar-refractivity contribution in [2.45, 2.75) is 90.8 Å². The molecule has 208 valence electrons. The zero-order valence-corrected chi connectivity index (χ0v) is 25.8. The van der Waals surface area contributed by atoms with Crippen molar-refractivity contribution in [3.63, 3.8) is 0 Å². The molecular weight excluding hydrogens is 496 g/mol. The number of phenols is 1. The minimum absolute atomic E-state index is 0.0574. The number of phenolic OH excluding ortho intramolecular Hbond substituents is 1. The van der Waals surface area contributed by atoms with Gasteiger partial charge in [0.25, 0.3) is 0 Å². The van der Waals surface area contributed by atoms with E-state index in [0.717, 1.165) is 16.9 Å². The molecule has 0 aliphatic heterocycles. The van der Waals surface area contributed by atoms with Gasteiger partial charge in [0.2, 0.25) is 0 Å². The second-order valence-electron chi connectivity index (χ2n) is 12.8. The maximum Gasteiger partial charge on any atom is 0.341 e. The summed E-state index contributed by atoms with van der Waals surface area (Å²) >= 11 is 0. The fourth-order valence-corrected chi connectivity index (χ4v) is 4.22. The Hall–Kier alpha value is -2.79. The van der Waals surface area contributed by atoms with Crippen LogP contribution in [0.15, 0.2) is 30.3 Å². The van der Waals surface area contributed by atoms with E-state index in [-0.39, 0.29) is 34.7 Å². The Morgan fingerprint density at radius 2 is 1.55 bits per heavy atom. The molecule has 2 unspecified atom stereocenters. The quantitative estimate of drug-likeness (QED) is 0.181. The van der Waals surface area contributed by atoms with Gasteiger partial charge in [-0.1, -0.05) is 73.0 Å². The Morgan fingerprint density at radius 1 is 1.00 bits per heavy atom. The summed E-state index contributed by atoms with van der Waals surface area (Å²) in [4.78, 5) is 11.7. The van der Waals surface area contributed by atoms with E-state index < -0.39 is 20.1 Å². The van der Waals surface area contributed by atoms with Crippen molar-refractivity contribution in [1.82, 2.24) is 0 Å². The van der Waals surface area contributed by atoms with Crippen LogP contribution in [-0.2, 0) is 20.3 Å². The molecule has 0 aliphatic carbocycles. The van der Waals surface area contributed by atoms with Gasteiger partial charge in [0.1, 0.15) is 23.2 Å². The number of esters is 1. The molecule has 0 fully saturated rings. The maximum atomic E-state index is 11.7. The van der Waals surface area contributed by atoms with Crippen molar-refractivity contribution in [3.05, 3.63) is 58.1 Å². The standard InChI is InChI=1S/C31H44O6Si/c1-20(38(9,10)11)36-19-37-28-24(30(2,3)4)17-22(18-25(28)31(5,6)7)26(32)15-13-21-12-14-23(27(33)16-21)29(34)35-8/h12,14,16-18,20,26,32-33H,19H2,1-11H3. The number of hydrogen-bond donors (Lipinski definition) is 2. The first-order valence-electron chi connectivity index (χ1n) is 12.9. The Morgan fingerprint density at radius 3 is 2.00 bits per heavy atom. The van der Waals surface area contributed by atoms with Crippen molar-refractivity contribution in [2.24, 2.45) is 0 Å². The number of rotatable bonds is 7. The highest BCUT2D eigenvalue weighted by Gasteiger charge is 2.30. The van der Waals surface area contributed by atoms with Gasteiger partial charge in [-0.3, -0.25) is 0 Å². The first kappa shape index (κ1) is 31.4. The number of carbonyl (C=O) groups is 1. The van der Waals surface area contributed by atoms with E-state index in [1.807, 2.05) is 12.1 Å². The molecule has 2 N–H and O–H groups in total. The predicted octanol–water partition coefficient (Wildman–Crippen LogP) is 6.48. The molecule has 0 bridgehead atoms. The van der Waals surface area contributed by atoms with Gasteiger partial charge < -0.3 is 24.4 Å².